The molecule has 39 heavy (non-hydrogen) atoms. The van der Waals surface area contributed by atoms with E-state index in [1.165, 1.54) is 0 Å². The number of amides is 2. The minimum atomic E-state index is -0.597. The number of ether oxygens (including phenoxy) is 2. The molecular formula is C27H47ClN6O5. The van der Waals surface area contributed by atoms with Gasteiger partial charge in [-0.1, -0.05) is 0 Å². The van der Waals surface area contributed by atoms with E-state index in [0.717, 1.165) is 65.0 Å². The van der Waals surface area contributed by atoms with Crippen LogP contribution in [-0.2, 0) is 19.1 Å². The Morgan fingerprint density at radius 2 is 2.05 bits per heavy atom. The first kappa shape index (κ1) is 29.4. The monoisotopic (exact) mass is 570 g/mol. The van der Waals surface area contributed by atoms with Crippen molar-refractivity contribution < 1.29 is 24.2 Å². The lowest BCUT2D eigenvalue weighted by atomic mass is 9.73. The van der Waals surface area contributed by atoms with Crippen LogP contribution in [0, 0.1) is 17.8 Å². The summed E-state index contributed by atoms with van der Waals surface area (Å²) in [6, 6.07) is 0.278. The van der Waals surface area contributed by atoms with Crippen LogP contribution >= 0.6 is 11.6 Å². The molecule has 1 saturated carbocycles. The van der Waals surface area contributed by atoms with Gasteiger partial charge in [0.15, 0.2) is 0 Å². The Labute approximate surface area is 237 Å². The number of β-amino-alcohol motifs (C(OH)–C–C–N with tert-alkyl or cyclic N) is 1. The zero-order valence-electron chi connectivity index (χ0n) is 23.2. The second-order valence-electron chi connectivity index (χ2n) is 12.2. The molecule has 5 N–H and O–H groups in total. The summed E-state index contributed by atoms with van der Waals surface area (Å²) >= 11 is 6.90. The number of hydrogen-bond acceptors (Lipinski definition) is 9. The summed E-state index contributed by atoms with van der Waals surface area (Å²) in [5.41, 5.74) is 0. The van der Waals surface area contributed by atoms with Gasteiger partial charge in [0.2, 0.25) is 11.8 Å². The predicted octanol–water partition coefficient (Wildman–Crippen LogP) is -0.720. The molecule has 12 heteroatoms. The Balaban J connectivity index is 0.977. The highest BCUT2D eigenvalue weighted by Gasteiger charge is 2.42. The Kier molecular flexibility index (Phi) is 10.4. The van der Waals surface area contributed by atoms with Gasteiger partial charge in [-0.3, -0.25) is 20.2 Å². The molecule has 2 amide bonds. The maximum Gasteiger partial charge on any atom is 0.223 e. The normalized spacial score (nSPS) is 36.7. The number of alkyl halides is 1. The van der Waals surface area contributed by atoms with E-state index in [1.54, 1.807) is 6.92 Å². The van der Waals surface area contributed by atoms with E-state index < -0.39 is 6.10 Å². The summed E-state index contributed by atoms with van der Waals surface area (Å²) in [7, 11) is 0. The Morgan fingerprint density at radius 1 is 1.21 bits per heavy atom. The summed E-state index contributed by atoms with van der Waals surface area (Å²) < 4.78 is 11.7. The quantitative estimate of drug-likeness (QED) is 0.216. The summed E-state index contributed by atoms with van der Waals surface area (Å²) in [4.78, 5) is 28.4. The van der Waals surface area contributed by atoms with Crippen LogP contribution in [-0.4, -0.2) is 128 Å². The van der Waals surface area contributed by atoms with Crippen molar-refractivity contribution in [3.8, 4) is 0 Å². The lowest BCUT2D eigenvalue weighted by molar-refractivity contribution is -0.133. The number of nitrogens with zero attached hydrogens (tertiary/aromatic N) is 2. The highest BCUT2D eigenvalue weighted by atomic mass is 35.5. The van der Waals surface area contributed by atoms with Crippen LogP contribution in [0.4, 0.5) is 0 Å². The van der Waals surface area contributed by atoms with Crippen molar-refractivity contribution in [2.75, 3.05) is 65.7 Å². The van der Waals surface area contributed by atoms with Crippen LogP contribution in [0.25, 0.3) is 0 Å². The second kappa shape index (κ2) is 13.7. The number of hydrogen-bond donors (Lipinski definition) is 5. The molecule has 5 rings (SSSR count). The van der Waals surface area contributed by atoms with E-state index in [-0.39, 0.29) is 54.1 Å². The molecule has 222 valence electrons. The molecular weight excluding hydrogens is 524 g/mol. The van der Waals surface area contributed by atoms with Crippen molar-refractivity contribution in [3.05, 3.63) is 0 Å². The van der Waals surface area contributed by atoms with Crippen LogP contribution in [0.1, 0.15) is 39.0 Å². The lowest BCUT2D eigenvalue weighted by Crippen LogP contribution is -2.64. The minimum Gasteiger partial charge on any atom is -0.390 e. The molecule has 0 aromatic carbocycles. The van der Waals surface area contributed by atoms with E-state index >= 15 is 0 Å². The van der Waals surface area contributed by atoms with Crippen molar-refractivity contribution in [1.82, 2.24) is 31.1 Å². The number of carbonyl (C=O) groups excluding carboxylic acids is 2. The number of nitrogens with one attached hydrogen (secondary N) is 4. The van der Waals surface area contributed by atoms with Crippen LogP contribution in [0.5, 0.6) is 0 Å². The van der Waals surface area contributed by atoms with Gasteiger partial charge in [-0.05, 0) is 57.0 Å². The fraction of sp³-hybridized carbons (Fsp3) is 0.926. The lowest BCUT2D eigenvalue weighted by Gasteiger charge is -2.46. The van der Waals surface area contributed by atoms with Crippen molar-refractivity contribution in [3.63, 3.8) is 0 Å². The van der Waals surface area contributed by atoms with Gasteiger partial charge >= 0.3 is 0 Å². The first-order valence-corrected chi connectivity index (χ1v) is 15.3. The van der Waals surface area contributed by atoms with Crippen LogP contribution in [0.2, 0.25) is 0 Å². The average Bonchev–Trinajstić information content (AvgIpc) is 3.42. The number of fused-ring (bicyclic) bond motifs is 1. The van der Waals surface area contributed by atoms with Crippen LogP contribution in [0.3, 0.4) is 0 Å². The number of piperidine rings is 2. The Bertz CT molecular complexity index is 828. The Hall–Kier alpha value is -1.05. The van der Waals surface area contributed by atoms with Crippen LogP contribution in [0.15, 0.2) is 0 Å². The molecule has 4 aliphatic heterocycles. The fourth-order valence-corrected chi connectivity index (χ4v) is 7.46. The SMILES string of the molecule is CC(=O)N1CC(NC2CC(C(=O)NC[C@H](O)CN3CCC4C(CCC(OCC5CNCO5)C4Cl)C3)CCN2)C1. The molecule has 5 fully saturated rings. The van der Waals surface area contributed by atoms with Crippen LogP contribution < -0.4 is 21.3 Å². The molecule has 0 radical (unpaired) electrons. The minimum absolute atomic E-state index is 0.0159. The summed E-state index contributed by atoms with van der Waals surface area (Å²) in [6.45, 7) is 8.52. The van der Waals surface area contributed by atoms with Crippen molar-refractivity contribution in [2.24, 2.45) is 17.8 Å². The first-order valence-electron chi connectivity index (χ1n) is 14.9. The first-order chi connectivity index (χ1) is 18.9. The van der Waals surface area contributed by atoms with Gasteiger partial charge in [-0.25, -0.2) is 0 Å². The third-order valence-electron chi connectivity index (χ3n) is 9.27. The molecule has 1 aliphatic carbocycles. The summed E-state index contributed by atoms with van der Waals surface area (Å²) in [5.74, 6) is 0.999. The molecule has 4 saturated heterocycles. The number of aliphatic hydroxyl groups excluding tert-OH is 1. The Morgan fingerprint density at radius 3 is 2.82 bits per heavy atom. The maximum atomic E-state index is 12.9. The van der Waals surface area contributed by atoms with E-state index in [1.807, 2.05) is 4.90 Å². The summed E-state index contributed by atoms with van der Waals surface area (Å²) in [5, 5.41) is 23.9. The van der Waals surface area contributed by atoms with Gasteiger partial charge in [-0.15, -0.1) is 11.6 Å². The summed E-state index contributed by atoms with van der Waals surface area (Å²) in [6.07, 6.45) is 4.23. The number of carbonyl (C=O) groups is 2. The topological polar surface area (TPSA) is 127 Å². The zero-order valence-corrected chi connectivity index (χ0v) is 23.9. The highest BCUT2D eigenvalue weighted by molar-refractivity contribution is 6.21. The molecule has 5 aliphatic rings. The van der Waals surface area contributed by atoms with Gasteiger partial charge in [0.25, 0.3) is 0 Å². The molecule has 0 spiro atoms. The fourth-order valence-electron chi connectivity index (χ4n) is 6.93. The highest BCUT2D eigenvalue weighted by Crippen LogP contribution is 2.40. The van der Waals surface area contributed by atoms with Gasteiger partial charge < -0.3 is 35.0 Å². The molecule has 7 unspecified atom stereocenters. The molecule has 0 bridgehead atoms. The van der Waals surface area contributed by atoms with Crippen molar-refractivity contribution >= 4 is 23.4 Å². The van der Waals surface area contributed by atoms with Crippen molar-refractivity contribution in [1.29, 1.82) is 0 Å². The largest absolute Gasteiger partial charge is 0.390 e. The predicted molar refractivity (Wildman–Crippen MR) is 147 cm³/mol. The molecule has 4 heterocycles. The average molecular weight is 571 g/mol. The number of rotatable bonds is 10. The molecule has 0 aromatic rings. The van der Waals surface area contributed by atoms with Gasteiger partial charge in [-0.2, -0.15) is 0 Å². The smallest absolute Gasteiger partial charge is 0.223 e. The number of likely N-dealkylation sites (tertiary alicyclic amines) is 2. The molecule has 11 nitrogen and oxygen atoms in total. The zero-order chi connectivity index (χ0) is 27.4. The van der Waals surface area contributed by atoms with Gasteiger partial charge in [0.05, 0.1) is 43.2 Å². The van der Waals surface area contributed by atoms with Gasteiger partial charge in [0, 0.05) is 58.2 Å². The van der Waals surface area contributed by atoms with E-state index in [9.17, 15) is 14.7 Å². The van der Waals surface area contributed by atoms with E-state index in [4.69, 9.17) is 21.1 Å². The van der Waals surface area contributed by atoms with E-state index in [0.29, 0.717) is 38.1 Å². The standard InChI is InChI=1S/C27H47ClN6O5/c1-17(35)34-12-20(13-34)32-25-8-18(4-6-30-25)27(37)31-9-21(36)14-33-7-5-23-19(11-33)2-3-24(26(23)28)38-15-22-10-29-16-39-22/h18-26,29-30,32,36H,2-16H2,1H3,(H,31,37)/t18?,19?,21-,22?,23?,24?,25?,26?/m0/s1. The van der Waals surface area contributed by atoms with Gasteiger partial charge in [0.1, 0.15) is 0 Å². The second-order valence-corrected chi connectivity index (χ2v) is 12.7. The molecule has 8 atom stereocenters. The van der Waals surface area contributed by atoms with Crippen molar-refractivity contribution in [2.45, 2.75) is 74.9 Å². The van der Waals surface area contributed by atoms with E-state index in [2.05, 4.69) is 26.2 Å². The maximum absolute atomic E-state index is 12.9. The number of halogens is 1. The third-order valence-corrected chi connectivity index (χ3v) is 9.88. The number of aliphatic hydroxyl groups is 1. The molecule has 0 aromatic heterocycles. The third kappa shape index (κ3) is 7.82.